The number of carbonyl (C=O) groups is 1. The molecule has 0 fully saturated rings. The number of aliphatic hydroxyl groups is 1. The molecule has 4 heteroatoms. The predicted molar refractivity (Wildman–Crippen MR) is 75.3 cm³/mol. The summed E-state index contributed by atoms with van der Waals surface area (Å²) in [5, 5.41) is 12.0. The molecule has 0 spiro atoms. The lowest BCUT2D eigenvalue weighted by Gasteiger charge is -2.29. The van der Waals surface area contributed by atoms with Crippen molar-refractivity contribution >= 4 is 5.91 Å². The van der Waals surface area contributed by atoms with E-state index in [2.05, 4.69) is 12.2 Å². The summed E-state index contributed by atoms with van der Waals surface area (Å²) in [7, 11) is 1.58. The Morgan fingerprint density at radius 2 is 2.00 bits per heavy atom. The quantitative estimate of drug-likeness (QED) is 0.790. The van der Waals surface area contributed by atoms with E-state index in [0.717, 1.165) is 6.42 Å². The van der Waals surface area contributed by atoms with Crippen molar-refractivity contribution in [2.24, 2.45) is 0 Å². The highest BCUT2D eigenvalue weighted by Gasteiger charge is 2.26. The number of nitrogens with one attached hydrogen (secondary N) is 1. The van der Waals surface area contributed by atoms with Crippen LogP contribution in [-0.4, -0.2) is 36.9 Å². The van der Waals surface area contributed by atoms with Gasteiger partial charge in [0.2, 0.25) is 0 Å². The van der Waals surface area contributed by atoms with E-state index in [0.29, 0.717) is 18.6 Å². The summed E-state index contributed by atoms with van der Waals surface area (Å²) in [5.74, 6) is -0.143. The van der Waals surface area contributed by atoms with E-state index in [1.165, 1.54) is 5.56 Å². The van der Waals surface area contributed by atoms with Gasteiger partial charge in [-0.1, -0.05) is 19.1 Å². The molecule has 0 bridgehead atoms. The van der Waals surface area contributed by atoms with E-state index >= 15 is 0 Å². The lowest BCUT2D eigenvalue weighted by molar-refractivity contribution is 0.0725. The van der Waals surface area contributed by atoms with Crippen LogP contribution in [0.2, 0.25) is 0 Å². The first-order valence-electron chi connectivity index (χ1n) is 6.56. The van der Waals surface area contributed by atoms with Crippen LogP contribution in [0.15, 0.2) is 24.3 Å². The van der Waals surface area contributed by atoms with Crippen LogP contribution < -0.4 is 5.32 Å². The zero-order chi connectivity index (χ0) is 14.3. The number of hydrogen-bond acceptors (Lipinski definition) is 3. The molecule has 1 aromatic carbocycles. The van der Waals surface area contributed by atoms with Gasteiger partial charge in [0.15, 0.2) is 0 Å². The molecule has 1 atom stereocenters. The molecule has 0 heterocycles. The number of benzene rings is 1. The minimum Gasteiger partial charge on any atom is -0.396 e. The third kappa shape index (κ3) is 4.65. The third-order valence-electron chi connectivity index (χ3n) is 3.17. The zero-order valence-corrected chi connectivity index (χ0v) is 11.9. The first-order chi connectivity index (χ1) is 9.04. The Morgan fingerprint density at radius 3 is 2.47 bits per heavy atom. The molecule has 0 aliphatic carbocycles. The van der Waals surface area contributed by atoms with Crippen LogP contribution in [0.3, 0.4) is 0 Å². The molecule has 1 unspecified atom stereocenters. The molecule has 0 radical (unpaired) electrons. The van der Waals surface area contributed by atoms with Gasteiger partial charge in [0.05, 0.1) is 12.1 Å². The minimum atomic E-state index is -0.552. The van der Waals surface area contributed by atoms with Crippen LogP contribution in [0.4, 0.5) is 0 Å². The second kappa shape index (κ2) is 7.26. The maximum absolute atomic E-state index is 12.2. The molecule has 106 valence electrons. The summed E-state index contributed by atoms with van der Waals surface area (Å²) in [6.45, 7) is 4.32. The average Bonchev–Trinajstić information content (AvgIpc) is 2.39. The van der Waals surface area contributed by atoms with E-state index in [4.69, 9.17) is 9.84 Å². The van der Waals surface area contributed by atoms with Crippen molar-refractivity contribution in [2.75, 3.05) is 20.3 Å². The Morgan fingerprint density at radius 1 is 1.37 bits per heavy atom. The van der Waals surface area contributed by atoms with Gasteiger partial charge in [0, 0.05) is 19.3 Å². The van der Waals surface area contributed by atoms with Crippen molar-refractivity contribution in [3.63, 3.8) is 0 Å². The summed E-state index contributed by atoms with van der Waals surface area (Å²) in [5.41, 5.74) is 1.27. The van der Waals surface area contributed by atoms with Gasteiger partial charge in [-0.25, -0.2) is 0 Å². The average molecular weight is 265 g/mol. The van der Waals surface area contributed by atoms with Crippen LogP contribution in [-0.2, 0) is 11.2 Å². The molecule has 0 aromatic heterocycles. The van der Waals surface area contributed by atoms with Crippen molar-refractivity contribution in [1.29, 1.82) is 0 Å². The van der Waals surface area contributed by atoms with Gasteiger partial charge in [-0.05, 0) is 37.5 Å². The third-order valence-corrected chi connectivity index (χ3v) is 3.17. The fourth-order valence-corrected chi connectivity index (χ4v) is 1.97. The number of amides is 1. The fourth-order valence-electron chi connectivity index (χ4n) is 1.97. The molecule has 1 aromatic rings. The molecule has 19 heavy (non-hydrogen) atoms. The Kier molecular flexibility index (Phi) is 5.99. The largest absolute Gasteiger partial charge is 0.396 e. The standard InChI is InChI=1S/C15H23NO3/c1-4-12-5-7-13(8-6-12)14(18)16-15(2,9-10-17)11-19-3/h5-8,17H,4,9-11H2,1-3H3,(H,16,18). The van der Waals surface area contributed by atoms with Crippen molar-refractivity contribution in [3.8, 4) is 0 Å². The van der Waals surface area contributed by atoms with Crippen LogP contribution in [0.5, 0.6) is 0 Å². The molecule has 0 saturated heterocycles. The van der Waals surface area contributed by atoms with E-state index in [1.54, 1.807) is 7.11 Å². The van der Waals surface area contributed by atoms with E-state index in [1.807, 2.05) is 31.2 Å². The van der Waals surface area contributed by atoms with E-state index in [9.17, 15) is 4.79 Å². The summed E-state index contributed by atoms with van der Waals surface area (Å²) >= 11 is 0. The number of rotatable bonds is 7. The van der Waals surface area contributed by atoms with E-state index < -0.39 is 5.54 Å². The predicted octanol–water partition coefficient (Wildman–Crippen LogP) is 1.77. The number of aliphatic hydroxyl groups excluding tert-OH is 1. The van der Waals surface area contributed by atoms with Gasteiger partial charge in [-0.3, -0.25) is 4.79 Å². The van der Waals surface area contributed by atoms with Gasteiger partial charge in [-0.2, -0.15) is 0 Å². The van der Waals surface area contributed by atoms with Gasteiger partial charge >= 0.3 is 0 Å². The number of ether oxygens (including phenoxy) is 1. The number of methoxy groups -OCH3 is 1. The SMILES string of the molecule is CCc1ccc(C(=O)NC(C)(CCO)COC)cc1. The first-order valence-corrected chi connectivity index (χ1v) is 6.56. The fraction of sp³-hybridized carbons (Fsp3) is 0.533. The maximum Gasteiger partial charge on any atom is 0.251 e. The second-order valence-corrected chi connectivity index (χ2v) is 4.97. The van der Waals surface area contributed by atoms with Gasteiger partial charge < -0.3 is 15.2 Å². The van der Waals surface area contributed by atoms with Crippen LogP contribution in [0.25, 0.3) is 0 Å². The van der Waals surface area contributed by atoms with Crippen molar-refractivity contribution in [2.45, 2.75) is 32.2 Å². The Labute approximate surface area is 114 Å². The number of carbonyl (C=O) groups excluding carboxylic acids is 1. The number of hydrogen-bond donors (Lipinski definition) is 2. The monoisotopic (exact) mass is 265 g/mol. The molecule has 0 aliphatic heterocycles. The Bertz CT molecular complexity index is 394. The van der Waals surface area contributed by atoms with Crippen molar-refractivity contribution in [3.05, 3.63) is 35.4 Å². The first kappa shape index (κ1) is 15.7. The van der Waals surface area contributed by atoms with Crippen LogP contribution in [0, 0.1) is 0 Å². The summed E-state index contributed by atoms with van der Waals surface area (Å²) in [4.78, 5) is 12.2. The molecule has 1 rings (SSSR count). The van der Waals surface area contributed by atoms with Crippen LogP contribution in [0.1, 0.15) is 36.2 Å². The highest BCUT2D eigenvalue weighted by atomic mass is 16.5. The highest BCUT2D eigenvalue weighted by Crippen LogP contribution is 2.12. The molecule has 4 nitrogen and oxygen atoms in total. The summed E-state index contributed by atoms with van der Waals surface area (Å²) in [6, 6.07) is 7.55. The zero-order valence-electron chi connectivity index (χ0n) is 11.9. The molecular weight excluding hydrogens is 242 g/mol. The molecule has 0 saturated carbocycles. The Balaban J connectivity index is 2.75. The van der Waals surface area contributed by atoms with Crippen molar-refractivity contribution < 1.29 is 14.6 Å². The smallest absolute Gasteiger partial charge is 0.251 e. The summed E-state index contributed by atoms with van der Waals surface area (Å²) < 4.78 is 5.11. The topological polar surface area (TPSA) is 58.6 Å². The van der Waals surface area contributed by atoms with Gasteiger partial charge in [0.25, 0.3) is 5.91 Å². The minimum absolute atomic E-state index is 0.00884. The van der Waals surface area contributed by atoms with E-state index in [-0.39, 0.29) is 12.5 Å². The number of aryl methyl sites for hydroxylation is 1. The lowest BCUT2D eigenvalue weighted by Crippen LogP contribution is -2.50. The molecular formula is C15H23NO3. The highest BCUT2D eigenvalue weighted by molar-refractivity contribution is 5.94. The molecule has 1 amide bonds. The lowest BCUT2D eigenvalue weighted by atomic mass is 9.98. The summed E-state index contributed by atoms with van der Waals surface area (Å²) in [6.07, 6.45) is 1.41. The Hall–Kier alpha value is -1.39. The molecule has 2 N–H and O–H groups in total. The maximum atomic E-state index is 12.2. The normalized spacial score (nSPS) is 13.9. The van der Waals surface area contributed by atoms with Gasteiger partial charge in [-0.15, -0.1) is 0 Å². The van der Waals surface area contributed by atoms with Crippen molar-refractivity contribution in [1.82, 2.24) is 5.32 Å². The van der Waals surface area contributed by atoms with Crippen LogP contribution >= 0.6 is 0 Å². The molecule has 0 aliphatic rings. The second-order valence-electron chi connectivity index (χ2n) is 4.97. The van der Waals surface area contributed by atoms with Gasteiger partial charge in [0.1, 0.15) is 0 Å².